The van der Waals surface area contributed by atoms with Crippen LogP contribution in [0.3, 0.4) is 0 Å². The molecule has 0 saturated heterocycles. The van der Waals surface area contributed by atoms with Crippen molar-refractivity contribution in [1.82, 2.24) is 4.90 Å². The van der Waals surface area contributed by atoms with Gasteiger partial charge in [-0.05, 0) is 42.2 Å². The molecule has 0 aromatic heterocycles. The fourth-order valence-corrected chi connectivity index (χ4v) is 2.49. The number of nitriles is 1. The Balaban J connectivity index is 2.10. The molecule has 0 bridgehead atoms. The van der Waals surface area contributed by atoms with E-state index in [0.717, 1.165) is 28.8 Å². The normalized spacial score (nSPS) is 10.0. The fraction of sp³-hybridized carbons (Fsp3) is 0.263. The number of nitrogens with one attached hydrogen (secondary N) is 1. The Bertz CT molecular complexity index is 747. The third-order valence-electron chi connectivity index (χ3n) is 3.79. The van der Waals surface area contributed by atoms with Gasteiger partial charge in [0.25, 0.3) is 0 Å². The Kier molecular flexibility index (Phi) is 5.37. The van der Waals surface area contributed by atoms with Crippen LogP contribution in [0.4, 0.5) is 10.5 Å². The predicted molar refractivity (Wildman–Crippen MR) is 92.2 cm³/mol. The van der Waals surface area contributed by atoms with Gasteiger partial charge in [-0.25, -0.2) is 4.79 Å². The molecule has 0 aliphatic rings. The molecule has 0 fully saturated rings. The summed E-state index contributed by atoms with van der Waals surface area (Å²) in [5, 5.41) is 11.9. The summed E-state index contributed by atoms with van der Waals surface area (Å²) in [5.74, 6) is 0. The van der Waals surface area contributed by atoms with E-state index >= 15 is 0 Å². The monoisotopic (exact) mass is 307 g/mol. The first-order valence-electron chi connectivity index (χ1n) is 7.64. The Morgan fingerprint density at radius 1 is 1.26 bits per heavy atom. The van der Waals surface area contributed by atoms with Gasteiger partial charge in [0.05, 0.1) is 11.6 Å². The van der Waals surface area contributed by atoms with Crippen molar-refractivity contribution >= 4 is 11.7 Å². The zero-order valence-electron chi connectivity index (χ0n) is 13.8. The van der Waals surface area contributed by atoms with Crippen LogP contribution in [0.5, 0.6) is 0 Å². The van der Waals surface area contributed by atoms with E-state index in [1.165, 1.54) is 0 Å². The van der Waals surface area contributed by atoms with Gasteiger partial charge in [-0.1, -0.05) is 37.3 Å². The Morgan fingerprint density at radius 3 is 2.70 bits per heavy atom. The lowest BCUT2D eigenvalue weighted by Crippen LogP contribution is -2.31. The van der Waals surface area contributed by atoms with Gasteiger partial charge in [0.1, 0.15) is 0 Å². The van der Waals surface area contributed by atoms with Crippen molar-refractivity contribution in [3.63, 3.8) is 0 Å². The van der Waals surface area contributed by atoms with Crippen molar-refractivity contribution in [2.75, 3.05) is 12.4 Å². The van der Waals surface area contributed by atoms with Crippen LogP contribution in [0.1, 0.15) is 29.2 Å². The van der Waals surface area contributed by atoms with E-state index in [1.807, 2.05) is 37.3 Å². The van der Waals surface area contributed by atoms with Crippen molar-refractivity contribution in [2.45, 2.75) is 26.8 Å². The topological polar surface area (TPSA) is 56.1 Å². The van der Waals surface area contributed by atoms with Gasteiger partial charge >= 0.3 is 6.03 Å². The number of carbonyl (C=O) groups is 1. The van der Waals surface area contributed by atoms with Crippen molar-refractivity contribution < 1.29 is 4.79 Å². The highest BCUT2D eigenvalue weighted by molar-refractivity contribution is 5.91. The maximum absolute atomic E-state index is 12.4. The molecule has 1 N–H and O–H groups in total. The first-order valence-corrected chi connectivity index (χ1v) is 7.64. The average molecular weight is 307 g/mol. The number of para-hydroxylation sites is 1. The van der Waals surface area contributed by atoms with Gasteiger partial charge in [-0.3, -0.25) is 0 Å². The summed E-state index contributed by atoms with van der Waals surface area (Å²) < 4.78 is 0. The molecule has 0 atom stereocenters. The highest BCUT2D eigenvalue weighted by atomic mass is 16.2. The van der Waals surface area contributed by atoms with E-state index in [9.17, 15) is 4.79 Å². The number of hydrogen-bond acceptors (Lipinski definition) is 2. The number of amides is 2. The van der Waals surface area contributed by atoms with Gasteiger partial charge in [-0.2, -0.15) is 5.26 Å². The van der Waals surface area contributed by atoms with Crippen molar-refractivity contribution in [2.24, 2.45) is 0 Å². The van der Waals surface area contributed by atoms with Crippen LogP contribution in [0, 0.1) is 18.3 Å². The maximum Gasteiger partial charge on any atom is 0.321 e. The molecular weight excluding hydrogens is 286 g/mol. The number of aryl methyl sites for hydroxylation is 2. The number of urea groups is 1. The second kappa shape index (κ2) is 7.46. The quantitative estimate of drug-likeness (QED) is 0.924. The van der Waals surface area contributed by atoms with E-state index < -0.39 is 0 Å². The minimum absolute atomic E-state index is 0.156. The van der Waals surface area contributed by atoms with Crippen LogP contribution in [-0.4, -0.2) is 18.0 Å². The minimum atomic E-state index is -0.156. The molecule has 2 rings (SSSR count). The number of nitrogens with zero attached hydrogens (tertiary/aromatic N) is 2. The maximum atomic E-state index is 12.4. The highest BCUT2D eigenvalue weighted by Gasteiger charge is 2.13. The van der Waals surface area contributed by atoms with Gasteiger partial charge in [0.15, 0.2) is 0 Å². The summed E-state index contributed by atoms with van der Waals surface area (Å²) >= 11 is 0. The molecule has 118 valence electrons. The Morgan fingerprint density at radius 2 is 2.00 bits per heavy atom. The molecule has 0 unspecified atom stereocenters. The minimum Gasteiger partial charge on any atom is -0.323 e. The lowest BCUT2D eigenvalue weighted by Gasteiger charge is -2.20. The van der Waals surface area contributed by atoms with Crippen LogP contribution >= 0.6 is 0 Å². The largest absolute Gasteiger partial charge is 0.323 e. The molecule has 0 aliphatic carbocycles. The van der Waals surface area contributed by atoms with Gasteiger partial charge in [0.2, 0.25) is 0 Å². The number of carbonyl (C=O) groups excluding carboxylic acids is 1. The highest BCUT2D eigenvalue weighted by Crippen LogP contribution is 2.21. The lowest BCUT2D eigenvalue weighted by atomic mass is 10.1. The summed E-state index contributed by atoms with van der Waals surface area (Å²) in [4.78, 5) is 14.1. The molecule has 0 aliphatic heterocycles. The van der Waals surface area contributed by atoms with E-state index in [4.69, 9.17) is 5.26 Å². The van der Waals surface area contributed by atoms with Gasteiger partial charge in [-0.15, -0.1) is 0 Å². The third kappa shape index (κ3) is 4.10. The fourth-order valence-electron chi connectivity index (χ4n) is 2.49. The molecule has 0 radical (unpaired) electrons. The van der Waals surface area contributed by atoms with Crippen molar-refractivity contribution in [1.29, 1.82) is 5.26 Å². The molecule has 23 heavy (non-hydrogen) atoms. The van der Waals surface area contributed by atoms with E-state index in [2.05, 4.69) is 18.3 Å². The summed E-state index contributed by atoms with van der Waals surface area (Å²) in [7, 11) is 1.75. The summed E-state index contributed by atoms with van der Waals surface area (Å²) in [6.07, 6.45) is 0.866. The number of rotatable bonds is 4. The lowest BCUT2D eigenvalue weighted by molar-refractivity contribution is 0.220. The number of hydrogen-bond donors (Lipinski definition) is 1. The van der Waals surface area contributed by atoms with Crippen LogP contribution in [0.25, 0.3) is 0 Å². The van der Waals surface area contributed by atoms with Crippen LogP contribution in [0.2, 0.25) is 0 Å². The smallest absolute Gasteiger partial charge is 0.321 e. The van der Waals surface area contributed by atoms with Crippen molar-refractivity contribution in [3.8, 4) is 6.07 Å². The van der Waals surface area contributed by atoms with Crippen molar-refractivity contribution in [3.05, 3.63) is 64.7 Å². The molecule has 0 heterocycles. The first-order chi connectivity index (χ1) is 11.0. The Hall–Kier alpha value is -2.80. The van der Waals surface area contributed by atoms with Crippen LogP contribution in [-0.2, 0) is 13.0 Å². The third-order valence-corrected chi connectivity index (χ3v) is 3.79. The van der Waals surface area contributed by atoms with E-state index in [0.29, 0.717) is 12.1 Å². The molecular formula is C19H21N3O. The number of anilines is 1. The van der Waals surface area contributed by atoms with E-state index in [1.54, 1.807) is 24.1 Å². The molecule has 0 spiro atoms. The van der Waals surface area contributed by atoms with Gasteiger partial charge in [0, 0.05) is 19.3 Å². The molecule has 4 nitrogen and oxygen atoms in total. The molecule has 2 amide bonds. The zero-order chi connectivity index (χ0) is 16.8. The average Bonchev–Trinajstić information content (AvgIpc) is 2.56. The standard InChI is InChI=1S/C19H21N3O/c1-4-17-10-5-7-14(2)18(17)21-19(23)22(3)13-16-9-6-8-15(11-16)12-20/h5-11H,4,13H2,1-3H3,(H,21,23). The summed E-state index contributed by atoms with van der Waals surface area (Å²) in [5.41, 5.74) is 4.60. The van der Waals surface area contributed by atoms with Crippen LogP contribution < -0.4 is 5.32 Å². The number of benzene rings is 2. The first kappa shape index (κ1) is 16.6. The second-order valence-electron chi connectivity index (χ2n) is 5.56. The summed E-state index contributed by atoms with van der Waals surface area (Å²) in [6, 6.07) is 15.3. The Labute approximate surface area is 137 Å². The van der Waals surface area contributed by atoms with Crippen LogP contribution in [0.15, 0.2) is 42.5 Å². The predicted octanol–water partition coefficient (Wildman–Crippen LogP) is 4.09. The second-order valence-corrected chi connectivity index (χ2v) is 5.56. The SMILES string of the molecule is CCc1cccc(C)c1NC(=O)N(C)Cc1cccc(C#N)c1. The summed E-state index contributed by atoms with van der Waals surface area (Å²) in [6.45, 7) is 4.52. The molecule has 2 aromatic rings. The van der Waals surface area contributed by atoms with Gasteiger partial charge < -0.3 is 10.2 Å². The molecule has 4 heteroatoms. The van der Waals surface area contributed by atoms with E-state index in [-0.39, 0.29) is 6.03 Å². The zero-order valence-corrected chi connectivity index (χ0v) is 13.8. The molecule has 0 saturated carbocycles. The molecule has 2 aromatic carbocycles.